The highest BCUT2D eigenvalue weighted by Crippen LogP contribution is 2.23. The molecule has 0 radical (unpaired) electrons. The Balaban J connectivity index is 2.18. The molecule has 98 valence electrons. The molecule has 0 unspecified atom stereocenters. The van der Waals surface area contributed by atoms with Gasteiger partial charge in [-0.1, -0.05) is 12.1 Å². The molecule has 1 aromatic heterocycles. The van der Waals surface area contributed by atoms with Gasteiger partial charge in [0.1, 0.15) is 11.5 Å². The smallest absolute Gasteiger partial charge is 0.184 e. The molecule has 0 spiro atoms. The maximum Gasteiger partial charge on any atom is 0.184 e. The zero-order chi connectivity index (χ0) is 13.8. The average Bonchev–Trinajstić information content (AvgIpc) is 2.81. The predicted octanol–water partition coefficient (Wildman–Crippen LogP) is 2.73. The summed E-state index contributed by atoms with van der Waals surface area (Å²) in [6.45, 7) is 4.16. The molecule has 2 aromatic rings. The van der Waals surface area contributed by atoms with Gasteiger partial charge in [-0.05, 0) is 55.4 Å². The molecule has 0 bridgehead atoms. The fourth-order valence-electron chi connectivity index (χ4n) is 1.63. The summed E-state index contributed by atoms with van der Waals surface area (Å²) in [6.07, 6.45) is 1.53. The largest absolute Gasteiger partial charge is 0.455 e. The van der Waals surface area contributed by atoms with Crippen molar-refractivity contribution in [3.05, 3.63) is 47.2 Å². The van der Waals surface area contributed by atoms with Gasteiger partial charge in [0.05, 0.1) is 6.21 Å². The van der Waals surface area contributed by atoms with Gasteiger partial charge >= 0.3 is 0 Å². The number of aryl methyl sites for hydroxylation is 2. The van der Waals surface area contributed by atoms with Crippen molar-refractivity contribution in [1.29, 1.82) is 0 Å². The van der Waals surface area contributed by atoms with Crippen LogP contribution < -0.4 is 11.2 Å². The topological polar surface area (TPSA) is 63.5 Å². The summed E-state index contributed by atoms with van der Waals surface area (Å²) in [5.74, 6) is 1.44. The van der Waals surface area contributed by atoms with E-state index in [9.17, 15) is 0 Å². The lowest BCUT2D eigenvalue weighted by Crippen LogP contribution is -2.23. The standard InChI is InChI=1S/C14H15N3OS/c1-9-3-4-11(7-10(9)2)13-6-5-12(18-13)8-16-17-14(15)19/h3-8H,1-2H3,(H3,15,17,19). The number of thiocarbonyl (C=S) groups is 1. The average molecular weight is 273 g/mol. The highest BCUT2D eigenvalue weighted by Gasteiger charge is 2.04. The van der Waals surface area contributed by atoms with Gasteiger partial charge in [-0.25, -0.2) is 0 Å². The molecule has 0 aliphatic carbocycles. The SMILES string of the molecule is Cc1ccc(-c2ccc(C=NNC(N)=S)o2)cc1C. The molecule has 1 heterocycles. The Kier molecular flexibility index (Phi) is 3.97. The van der Waals surface area contributed by atoms with Gasteiger partial charge < -0.3 is 10.2 Å². The van der Waals surface area contributed by atoms with E-state index in [1.165, 1.54) is 17.3 Å². The number of furan rings is 1. The molecule has 19 heavy (non-hydrogen) atoms. The second-order valence-electron chi connectivity index (χ2n) is 4.24. The van der Waals surface area contributed by atoms with Crippen molar-refractivity contribution in [2.45, 2.75) is 13.8 Å². The molecule has 3 N–H and O–H groups in total. The summed E-state index contributed by atoms with van der Waals surface area (Å²) in [5.41, 5.74) is 11.3. The van der Waals surface area contributed by atoms with Crippen molar-refractivity contribution in [1.82, 2.24) is 5.43 Å². The molecule has 4 nitrogen and oxygen atoms in total. The van der Waals surface area contributed by atoms with Crippen LogP contribution in [-0.2, 0) is 0 Å². The Morgan fingerprint density at radius 3 is 2.74 bits per heavy atom. The third kappa shape index (κ3) is 3.42. The summed E-state index contributed by atoms with van der Waals surface area (Å²) in [7, 11) is 0. The number of hydrazone groups is 1. The number of benzene rings is 1. The van der Waals surface area contributed by atoms with Crippen LogP contribution in [-0.4, -0.2) is 11.3 Å². The van der Waals surface area contributed by atoms with E-state index in [0.717, 1.165) is 11.3 Å². The van der Waals surface area contributed by atoms with Crippen LogP contribution in [0.15, 0.2) is 39.9 Å². The van der Waals surface area contributed by atoms with E-state index >= 15 is 0 Å². The van der Waals surface area contributed by atoms with E-state index in [1.807, 2.05) is 18.2 Å². The second kappa shape index (κ2) is 5.67. The highest BCUT2D eigenvalue weighted by molar-refractivity contribution is 7.80. The van der Waals surface area contributed by atoms with Crippen LogP contribution in [0.5, 0.6) is 0 Å². The molecule has 0 atom stereocenters. The zero-order valence-corrected chi connectivity index (χ0v) is 11.6. The molecule has 0 aliphatic heterocycles. The highest BCUT2D eigenvalue weighted by atomic mass is 32.1. The normalized spacial score (nSPS) is 10.8. The van der Waals surface area contributed by atoms with Crippen molar-refractivity contribution in [3.8, 4) is 11.3 Å². The maximum absolute atomic E-state index is 5.67. The first-order valence-corrected chi connectivity index (χ1v) is 6.23. The first kappa shape index (κ1) is 13.3. The van der Waals surface area contributed by atoms with Gasteiger partial charge in [0.25, 0.3) is 0 Å². The molecule has 1 aromatic carbocycles. The number of hydrogen-bond donors (Lipinski definition) is 2. The number of nitrogens with two attached hydrogens (primary N) is 1. The van der Waals surface area contributed by atoms with Gasteiger partial charge in [-0.15, -0.1) is 0 Å². The van der Waals surface area contributed by atoms with Crippen LogP contribution in [0.1, 0.15) is 16.9 Å². The Morgan fingerprint density at radius 1 is 1.26 bits per heavy atom. The van der Waals surface area contributed by atoms with Gasteiger partial charge in [0.2, 0.25) is 0 Å². The van der Waals surface area contributed by atoms with Crippen LogP contribution in [0.2, 0.25) is 0 Å². The van der Waals surface area contributed by atoms with Crippen LogP contribution >= 0.6 is 12.2 Å². The van der Waals surface area contributed by atoms with E-state index in [2.05, 4.69) is 48.7 Å². The minimum Gasteiger partial charge on any atom is -0.455 e. The van der Waals surface area contributed by atoms with Crippen molar-refractivity contribution in [3.63, 3.8) is 0 Å². The fraction of sp³-hybridized carbons (Fsp3) is 0.143. The molecule has 0 fully saturated rings. The summed E-state index contributed by atoms with van der Waals surface area (Å²) in [6, 6.07) is 9.97. The number of nitrogens with zero attached hydrogens (tertiary/aromatic N) is 1. The van der Waals surface area contributed by atoms with Gasteiger partial charge in [0.15, 0.2) is 5.11 Å². The van der Waals surface area contributed by atoms with Gasteiger partial charge in [-0.3, -0.25) is 5.43 Å². The second-order valence-corrected chi connectivity index (χ2v) is 4.68. The Bertz CT molecular complexity index is 631. The van der Waals surface area contributed by atoms with E-state index in [0.29, 0.717) is 5.76 Å². The van der Waals surface area contributed by atoms with Crippen LogP contribution in [0, 0.1) is 13.8 Å². The minimum atomic E-state index is 0.122. The lowest BCUT2D eigenvalue weighted by molar-refractivity contribution is 0.574. The van der Waals surface area contributed by atoms with E-state index < -0.39 is 0 Å². The number of rotatable bonds is 3. The van der Waals surface area contributed by atoms with Crippen LogP contribution in [0.4, 0.5) is 0 Å². The van der Waals surface area contributed by atoms with Crippen molar-refractivity contribution >= 4 is 23.5 Å². The zero-order valence-electron chi connectivity index (χ0n) is 10.8. The Labute approximate surface area is 117 Å². The predicted molar refractivity (Wildman–Crippen MR) is 81.1 cm³/mol. The van der Waals surface area contributed by atoms with Gasteiger partial charge in [-0.2, -0.15) is 5.10 Å². The molecular formula is C14H15N3OS. The quantitative estimate of drug-likeness (QED) is 0.513. The van der Waals surface area contributed by atoms with Crippen LogP contribution in [0.25, 0.3) is 11.3 Å². The maximum atomic E-state index is 5.67. The summed E-state index contributed by atoms with van der Waals surface area (Å²) < 4.78 is 5.67. The number of nitrogens with one attached hydrogen (secondary N) is 1. The molecule has 0 saturated heterocycles. The fourth-order valence-corrected chi connectivity index (χ4v) is 1.68. The summed E-state index contributed by atoms with van der Waals surface area (Å²) >= 11 is 4.64. The van der Waals surface area contributed by atoms with E-state index in [4.69, 9.17) is 10.2 Å². The van der Waals surface area contributed by atoms with Crippen molar-refractivity contribution in [2.75, 3.05) is 0 Å². The van der Waals surface area contributed by atoms with Crippen molar-refractivity contribution < 1.29 is 4.42 Å². The Hall–Kier alpha value is -2.14. The minimum absolute atomic E-state index is 0.122. The molecule has 2 rings (SSSR count). The summed E-state index contributed by atoms with van der Waals surface area (Å²) in [5, 5.41) is 3.97. The van der Waals surface area contributed by atoms with Gasteiger partial charge in [0, 0.05) is 5.56 Å². The monoisotopic (exact) mass is 273 g/mol. The Morgan fingerprint density at radius 2 is 2.05 bits per heavy atom. The van der Waals surface area contributed by atoms with E-state index in [1.54, 1.807) is 0 Å². The third-order valence-corrected chi connectivity index (χ3v) is 2.88. The molecule has 5 heteroatoms. The third-order valence-electron chi connectivity index (χ3n) is 2.78. The lowest BCUT2D eigenvalue weighted by Gasteiger charge is -2.02. The van der Waals surface area contributed by atoms with Crippen LogP contribution in [0.3, 0.4) is 0 Å². The lowest BCUT2D eigenvalue weighted by atomic mass is 10.1. The first-order chi connectivity index (χ1) is 9.06. The molecule has 0 saturated carbocycles. The molecular weight excluding hydrogens is 258 g/mol. The molecule has 0 aliphatic rings. The first-order valence-electron chi connectivity index (χ1n) is 5.82. The number of hydrogen-bond acceptors (Lipinski definition) is 3. The molecule has 0 amide bonds. The summed E-state index contributed by atoms with van der Waals surface area (Å²) in [4.78, 5) is 0. The van der Waals surface area contributed by atoms with E-state index in [-0.39, 0.29) is 5.11 Å². The van der Waals surface area contributed by atoms with Crippen molar-refractivity contribution in [2.24, 2.45) is 10.8 Å².